The zero-order chi connectivity index (χ0) is 70.5. The van der Waals surface area contributed by atoms with Crippen molar-refractivity contribution < 1.29 is 61.5 Å². The first-order chi connectivity index (χ1) is 46.3. The summed E-state index contributed by atoms with van der Waals surface area (Å²) in [5.74, 6) is -2.01. The van der Waals surface area contributed by atoms with Crippen LogP contribution in [0.25, 0.3) is 40.3 Å². The molecule has 1 unspecified atom stereocenters. The minimum absolute atomic E-state index is 0.00547. The van der Waals surface area contributed by atoms with Crippen LogP contribution in [0.3, 0.4) is 0 Å². The molecule has 12 rings (SSSR count). The highest BCUT2D eigenvalue weighted by molar-refractivity contribution is 7.22. The van der Waals surface area contributed by atoms with Crippen LogP contribution in [-0.2, 0) is 27.4 Å². The lowest BCUT2D eigenvalue weighted by molar-refractivity contribution is -0.192. The second-order valence-corrected chi connectivity index (χ2v) is 25.9. The molecule has 0 bridgehead atoms. The van der Waals surface area contributed by atoms with Crippen LogP contribution in [0.2, 0.25) is 0 Å². The average Bonchev–Trinajstić information content (AvgIpc) is 1.70. The Morgan fingerprint density at radius 2 is 1.02 bits per heavy atom. The van der Waals surface area contributed by atoms with Gasteiger partial charge < -0.3 is 52.5 Å². The number of carbonyl (C=O) groups is 3. The van der Waals surface area contributed by atoms with Crippen molar-refractivity contribution >= 4 is 139 Å². The lowest BCUT2D eigenvalue weighted by atomic mass is 9.97. The summed E-state index contributed by atoms with van der Waals surface area (Å²) in [4.78, 5) is 32.6. The number of nitrogen functional groups attached to an aromatic ring is 4. The third-order valence-electron chi connectivity index (χ3n) is 13.8. The average molecular weight is 1410 g/mol. The topological polar surface area (TPSA) is 363 Å². The predicted molar refractivity (Wildman–Crippen MR) is 379 cm³/mol. The van der Waals surface area contributed by atoms with E-state index in [0.717, 1.165) is 93.6 Å². The van der Waals surface area contributed by atoms with E-state index in [9.17, 15) is 27.5 Å². The molecule has 0 aliphatic heterocycles. The SMILES string of the molecule is C[C@@H](Oc1cccc2sc(C(=N)N)cc12)c1ccccc1.C[C@H](Oc1cccc2sc(C(=N)N)cc12)c1ccccc1.N#Cc1cc(COc2ccc3cc(C(=N)N)sc3c2)ccc1F.N=C(N)c1cc2ccc(CC(C(=O)O)c3cccs3)cc2s1.O=C(O)C(F)(F)F.O=CO. The second kappa shape index (κ2) is 34.4. The van der Waals surface area contributed by atoms with Gasteiger partial charge in [-0.1, -0.05) is 97.1 Å². The van der Waals surface area contributed by atoms with Crippen molar-refractivity contribution in [3.8, 4) is 23.3 Å². The maximum absolute atomic E-state index is 13.3. The Labute approximate surface area is 572 Å². The van der Waals surface area contributed by atoms with Crippen LogP contribution in [0.1, 0.15) is 84.2 Å². The number of halogens is 4. The normalized spacial score (nSPS) is 11.5. The van der Waals surface area contributed by atoms with E-state index in [1.54, 1.807) is 6.07 Å². The minimum Gasteiger partial charge on any atom is -0.489 e. The van der Waals surface area contributed by atoms with E-state index >= 15 is 0 Å². The molecule has 5 aromatic heterocycles. The Hall–Kier alpha value is -11.0. The molecule has 7 aromatic carbocycles. The van der Waals surface area contributed by atoms with Crippen molar-refractivity contribution in [1.29, 1.82) is 26.9 Å². The molecule has 3 atom stereocenters. The molecule has 0 saturated heterocycles. The molecule has 0 amide bonds. The fourth-order valence-electron chi connectivity index (χ4n) is 9.02. The summed E-state index contributed by atoms with van der Waals surface area (Å²) in [6.07, 6.45) is -4.69. The van der Waals surface area contributed by atoms with Crippen LogP contribution in [-0.4, -0.2) is 63.2 Å². The molecule has 15 N–H and O–H groups in total. The summed E-state index contributed by atoms with van der Waals surface area (Å²) in [5, 5.41) is 68.3. The number of rotatable bonds is 17. The quantitative estimate of drug-likeness (QED) is 0.0175. The van der Waals surface area contributed by atoms with E-state index in [1.165, 1.54) is 68.8 Å². The summed E-state index contributed by atoms with van der Waals surface area (Å²) in [6.45, 7) is 4.06. The zero-order valence-corrected chi connectivity index (χ0v) is 55.4. The van der Waals surface area contributed by atoms with Crippen molar-refractivity contribution in [3.05, 3.63) is 251 Å². The molecular weight excluding hydrogens is 1350 g/mol. The van der Waals surface area contributed by atoms with E-state index in [2.05, 4.69) is 24.3 Å². The fraction of sp³-hybridized carbons (Fsp3) is 0.114. The molecule has 498 valence electrons. The second-order valence-electron chi connectivity index (χ2n) is 20.6. The van der Waals surface area contributed by atoms with Gasteiger partial charge in [-0.25, -0.2) is 9.18 Å². The number of ether oxygens (including phenoxy) is 3. The summed E-state index contributed by atoms with van der Waals surface area (Å²) >= 11 is 7.38. The van der Waals surface area contributed by atoms with E-state index in [-0.39, 0.29) is 54.2 Å². The van der Waals surface area contributed by atoms with Crippen LogP contribution in [0.15, 0.2) is 193 Å². The first-order valence-corrected chi connectivity index (χ1v) is 32.8. The van der Waals surface area contributed by atoms with Gasteiger partial charge in [-0.15, -0.1) is 56.7 Å². The van der Waals surface area contributed by atoms with Crippen LogP contribution < -0.4 is 37.1 Å². The summed E-state index contributed by atoms with van der Waals surface area (Å²) in [7, 11) is 0. The van der Waals surface area contributed by atoms with Gasteiger partial charge in [0.05, 0.1) is 31.0 Å². The number of aliphatic carboxylic acids is 2. The first-order valence-electron chi connectivity index (χ1n) is 28.6. The first kappa shape index (κ1) is 73.4. The van der Waals surface area contributed by atoms with Gasteiger partial charge in [-0.05, 0) is 150 Å². The number of benzene rings is 7. The Kier molecular flexibility index (Phi) is 26.0. The van der Waals surface area contributed by atoms with E-state index in [4.69, 9.17) is 83.8 Å². The number of carboxylic acid groups (broad SMARTS) is 3. The number of nitrogens with one attached hydrogen (secondary N) is 4. The monoisotopic (exact) mass is 1410 g/mol. The summed E-state index contributed by atoms with van der Waals surface area (Å²) in [5.41, 5.74) is 26.1. The highest BCUT2D eigenvalue weighted by Gasteiger charge is 2.38. The molecular formula is C70H61F4N9O9S5. The van der Waals surface area contributed by atoms with Crippen LogP contribution in [0.4, 0.5) is 17.6 Å². The number of hydrogen-bond acceptors (Lipinski definition) is 16. The summed E-state index contributed by atoms with van der Waals surface area (Å²) in [6, 6.07) is 61.1. The third-order valence-corrected chi connectivity index (χ3v) is 19.3. The minimum atomic E-state index is -5.08. The van der Waals surface area contributed by atoms with Crippen molar-refractivity contribution in [3.63, 3.8) is 0 Å². The van der Waals surface area contributed by atoms with Gasteiger partial charge in [0.1, 0.15) is 71.3 Å². The number of alkyl halides is 3. The number of carboxylic acids is 2. The van der Waals surface area contributed by atoms with Gasteiger partial charge in [0.15, 0.2) is 0 Å². The molecule has 0 spiro atoms. The maximum atomic E-state index is 13.3. The molecule has 0 aliphatic carbocycles. The number of nitrogens with zero attached hydrogens (tertiary/aromatic N) is 1. The van der Waals surface area contributed by atoms with Gasteiger partial charge in [0.2, 0.25) is 0 Å². The zero-order valence-electron chi connectivity index (χ0n) is 51.3. The molecule has 0 fully saturated rings. The number of fused-ring (bicyclic) bond motifs is 4. The highest BCUT2D eigenvalue weighted by atomic mass is 32.1. The highest BCUT2D eigenvalue weighted by Crippen LogP contribution is 2.38. The molecule has 18 nitrogen and oxygen atoms in total. The molecule has 0 saturated carbocycles. The molecule has 0 aliphatic rings. The van der Waals surface area contributed by atoms with Crippen molar-refractivity contribution in [1.82, 2.24) is 0 Å². The maximum Gasteiger partial charge on any atom is 0.490 e. The van der Waals surface area contributed by atoms with E-state index in [0.29, 0.717) is 17.0 Å². The summed E-state index contributed by atoms with van der Waals surface area (Å²) < 4.78 is 67.1. The lowest BCUT2D eigenvalue weighted by Crippen LogP contribution is -2.21. The molecule has 5 heterocycles. The van der Waals surface area contributed by atoms with Crippen LogP contribution in [0, 0.1) is 38.8 Å². The van der Waals surface area contributed by atoms with Crippen LogP contribution >= 0.6 is 56.7 Å². The number of thiophene rings is 5. The van der Waals surface area contributed by atoms with Gasteiger partial charge in [-0.3, -0.25) is 31.2 Å². The Morgan fingerprint density at radius 3 is 1.45 bits per heavy atom. The van der Waals surface area contributed by atoms with Gasteiger partial charge in [0.25, 0.3) is 6.47 Å². The standard InChI is InChI=1S/C17H12FN3OS.2C17H16N2OS.C16H14N2O2S2.C2HF3O2.CH2O2/c18-14-4-1-10(5-12(14)8-19)9-22-13-3-2-11-6-16(17(20)21)23-15(11)7-13;2*1-11(12-6-3-2-4-7-12)20-14-8-5-9-15-13(14)10-16(21-15)17(18)19;17-15(18)14-8-10-4-3-9(7-13(10)22-14)6-11(16(19)20)12-2-1-5-21-12;3-2(4,5)1(6)7;2-1-3/h1-7H,9H2,(H3,20,21);2*2-11H,1H3,(H3,18,19);1-5,7-8,11H,6H2,(H3,17,18)(H,19,20);(H,6,7);1H,(H,2,3)/t;2*11-;;;/m.10.../s1. The number of hydrogen-bond donors (Lipinski definition) is 11. The van der Waals surface area contributed by atoms with Crippen molar-refractivity contribution in [2.24, 2.45) is 22.9 Å². The number of nitriles is 1. The predicted octanol–water partition coefficient (Wildman–Crippen LogP) is 16.4. The van der Waals surface area contributed by atoms with E-state index < -0.39 is 29.9 Å². The van der Waals surface area contributed by atoms with Crippen molar-refractivity contribution in [2.45, 2.75) is 51.2 Å². The largest absolute Gasteiger partial charge is 0.490 e. The molecule has 12 aromatic rings. The Bertz CT molecular complexity index is 4650. The number of amidine groups is 4. The van der Waals surface area contributed by atoms with Gasteiger partial charge in [0, 0.05) is 34.4 Å². The Morgan fingerprint density at radius 1 is 0.577 bits per heavy atom. The molecule has 27 heteroatoms. The lowest BCUT2D eigenvalue weighted by Gasteiger charge is -2.15. The number of nitrogens with two attached hydrogens (primary N) is 4. The van der Waals surface area contributed by atoms with Crippen LogP contribution in [0.5, 0.6) is 17.2 Å². The van der Waals surface area contributed by atoms with Gasteiger partial charge in [-0.2, -0.15) is 18.4 Å². The van der Waals surface area contributed by atoms with Crippen molar-refractivity contribution in [2.75, 3.05) is 0 Å². The smallest absolute Gasteiger partial charge is 0.489 e. The molecule has 97 heavy (non-hydrogen) atoms. The fourth-order valence-corrected chi connectivity index (χ4v) is 13.7. The molecule has 0 radical (unpaired) electrons. The Balaban J connectivity index is 0.000000174. The van der Waals surface area contributed by atoms with E-state index in [1.807, 2.05) is 171 Å². The van der Waals surface area contributed by atoms with Gasteiger partial charge >= 0.3 is 18.1 Å². The third kappa shape index (κ3) is 20.7.